The minimum atomic E-state index is -0.0233. The monoisotopic (exact) mass is 237 g/mol. The zero-order chi connectivity index (χ0) is 12.5. The fourth-order valence-electron chi connectivity index (χ4n) is 1.78. The maximum atomic E-state index is 11.7. The molecule has 1 heterocycles. The molecule has 0 radical (unpaired) electrons. The molecule has 0 atom stereocenters. The molecule has 4 nitrogen and oxygen atoms in total. The number of nitrogens with one attached hydrogen (secondary N) is 2. The highest BCUT2D eigenvalue weighted by molar-refractivity contribution is 5.94. The van der Waals surface area contributed by atoms with Crippen LogP contribution in [0.15, 0.2) is 6.20 Å². The Morgan fingerprint density at radius 1 is 1.29 bits per heavy atom. The number of rotatable bonds is 8. The first-order valence-corrected chi connectivity index (χ1v) is 6.54. The highest BCUT2D eigenvalue weighted by atomic mass is 16.1. The summed E-state index contributed by atoms with van der Waals surface area (Å²) in [7, 11) is 0. The third kappa shape index (κ3) is 5.02. The van der Waals surface area contributed by atoms with Crippen LogP contribution >= 0.6 is 0 Å². The topological polar surface area (TPSA) is 57.8 Å². The molecule has 2 N–H and O–H groups in total. The highest BCUT2D eigenvalue weighted by Crippen LogP contribution is 2.05. The number of aromatic nitrogens is 2. The first-order chi connectivity index (χ1) is 8.25. The van der Waals surface area contributed by atoms with Crippen molar-refractivity contribution in [2.24, 2.45) is 0 Å². The lowest BCUT2D eigenvalue weighted by Crippen LogP contribution is -2.24. The van der Waals surface area contributed by atoms with E-state index in [9.17, 15) is 4.79 Å². The summed E-state index contributed by atoms with van der Waals surface area (Å²) in [5.41, 5.74) is 1.47. The minimum Gasteiger partial charge on any atom is -0.352 e. The minimum absolute atomic E-state index is 0.0233. The van der Waals surface area contributed by atoms with Crippen LogP contribution in [0.5, 0.6) is 0 Å². The Labute approximate surface area is 103 Å². The van der Waals surface area contributed by atoms with Crippen molar-refractivity contribution in [2.75, 3.05) is 6.54 Å². The zero-order valence-corrected chi connectivity index (χ0v) is 10.9. The lowest BCUT2D eigenvalue weighted by molar-refractivity contribution is 0.0952. The Kier molecular flexibility index (Phi) is 6.37. The molecule has 0 saturated carbocycles. The van der Waals surface area contributed by atoms with Gasteiger partial charge in [-0.05, 0) is 13.3 Å². The van der Waals surface area contributed by atoms with Gasteiger partial charge in [-0.2, -0.15) is 5.10 Å². The Balaban J connectivity index is 2.07. The third-order valence-corrected chi connectivity index (χ3v) is 2.89. The zero-order valence-electron chi connectivity index (χ0n) is 10.9. The van der Waals surface area contributed by atoms with Crippen LogP contribution in [0.1, 0.15) is 61.5 Å². The number of hydrogen-bond donors (Lipinski definition) is 2. The average Bonchev–Trinajstić information content (AvgIpc) is 2.74. The number of amides is 1. The molecule has 0 spiro atoms. The summed E-state index contributed by atoms with van der Waals surface area (Å²) in [5.74, 6) is -0.0233. The molecule has 0 aliphatic rings. The van der Waals surface area contributed by atoms with E-state index >= 15 is 0 Å². The molecule has 0 unspecified atom stereocenters. The molecule has 0 bridgehead atoms. The summed E-state index contributed by atoms with van der Waals surface area (Å²) >= 11 is 0. The maximum Gasteiger partial charge on any atom is 0.254 e. The standard InChI is InChI=1S/C13H23N3O/c1-3-4-5-6-7-8-9-14-13(17)12-10-15-16-11(12)2/h10H,3-9H2,1-2H3,(H,14,17)(H,15,16). The number of aryl methyl sites for hydroxylation is 1. The fourth-order valence-corrected chi connectivity index (χ4v) is 1.78. The number of carbonyl (C=O) groups is 1. The van der Waals surface area contributed by atoms with E-state index in [0.717, 1.165) is 18.7 Å². The smallest absolute Gasteiger partial charge is 0.254 e. The molecule has 1 rings (SSSR count). The maximum absolute atomic E-state index is 11.7. The van der Waals surface area contributed by atoms with E-state index in [1.807, 2.05) is 6.92 Å². The van der Waals surface area contributed by atoms with E-state index in [1.165, 1.54) is 32.1 Å². The summed E-state index contributed by atoms with van der Waals surface area (Å²) in [5, 5.41) is 9.52. The highest BCUT2D eigenvalue weighted by Gasteiger charge is 2.09. The van der Waals surface area contributed by atoms with Crippen LogP contribution in [0.25, 0.3) is 0 Å². The molecule has 0 aliphatic heterocycles. The van der Waals surface area contributed by atoms with Gasteiger partial charge in [0.05, 0.1) is 11.8 Å². The second-order valence-corrected chi connectivity index (χ2v) is 4.43. The van der Waals surface area contributed by atoms with Crippen molar-refractivity contribution in [1.29, 1.82) is 0 Å². The lowest BCUT2D eigenvalue weighted by atomic mass is 10.1. The van der Waals surface area contributed by atoms with Gasteiger partial charge in [0.15, 0.2) is 0 Å². The Hall–Kier alpha value is -1.32. The lowest BCUT2D eigenvalue weighted by Gasteiger charge is -2.04. The first-order valence-electron chi connectivity index (χ1n) is 6.54. The van der Waals surface area contributed by atoms with Crippen molar-refractivity contribution >= 4 is 5.91 Å². The predicted octanol–water partition coefficient (Wildman–Crippen LogP) is 2.81. The summed E-state index contributed by atoms with van der Waals surface area (Å²) in [4.78, 5) is 11.7. The molecule has 17 heavy (non-hydrogen) atoms. The SMILES string of the molecule is CCCCCCCCNC(=O)c1cn[nH]c1C. The van der Waals surface area contributed by atoms with Gasteiger partial charge >= 0.3 is 0 Å². The Morgan fingerprint density at radius 2 is 2.00 bits per heavy atom. The van der Waals surface area contributed by atoms with E-state index in [0.29, 0.717) is 5.56 Å². The van der Waals surface area contributed by atoms with Crippen LogP contribution in [-0.4, -0.2) is 22.6 Å². The first kappa shape index (κ1) is 13.7. The molecule has 96 valence electrons. The predicted molar refractivity (Wildman–Crippen MR) is 69.0 cm³/mol. The molecule has 1 aromatic rings. The van der Waals surface area contributed by atoms with Gasteiger partial charge in [0.2, 0.25) is 0 Å². The van der Waals surface area contributed by atoms with Crippen LogP contribution in [0, 0.1) is 6.92 Å². The molecule has 1 aromatic heterocycles. The van der Waals surface area contributed by atoms with Gasteiger partial charge in [-0.1, -0.05) is 39.0 Å². The Morgan fingerprint density at radius 3 is 2.65 bits per heavy atom. The second-order valence-electron chi connectivity index (χ2n) is 4.43. The molecule has 0 fully saturated rings. The molecule has 0 aromatic carbocycles. The number of carbonyl (C=O) groups excluding carboxylic acids is 1. The largest absolute Gasteiger partial charge is 0.352 e. The molecule has 1 amide bonds. The van der Waals surface area contributed by atoms with Gasteiger partial charge in [-0.25, -0.2) is 0 Å². The number of unbranched alkanes of at least 4 members (excludes halogenated alkanes) is 5. The molecular formula is C13H23N3O. The van der Waals surface area contributed by atoms with Gasteiger partial charge in [-0.15, -0.1) is 0 Å². The van der Waals surface area contributed by atoms with Crippen LogP contribution in [0.2, 0.25) is 0 Å². The second kappa shape index (κ2) is 7.87. The van der Waals surface area contributed by atoms with Crippen LogP contribution in [-0.2, 0) is 0 Å². The Bertz CT molecular complexity index is 333. The molecule has 4 heteroatoms. The normalized spacial score (nSPS) is 10.5. The average molecular weight is 237 g/mol. The quantitative estimate of drug-likeness (QED) is 0.683. The van der Waals surface area contributed by atoms with Gasteiger partial charge in [-0.3, -0.25) is 9.89 Å². The fraction of sp³-hybridized carbons (Fsp3) is 0.692. The summed E-state index contributed by atoms with van der Waals surface area (Å²) in [6.45, 7) is 4.83. The number of H-pyrrole nitrogens is 1. The van der Waals surface area contributed by atoms with E-state index in [1.54, 1.807) is 6.20 Å². The van der Waals surface area contributed by atoms with Crippen molar-refractivity contribution in [3.63, 3.8) is 0 Å². The van der Waals surface area contributed by atoms with Crippen molar-refractivity contribution in [3.05, 3.63) is 17.5 Å². The summed E-state index contributed by atoms with van der Waals surface area (Å²) < 4.78 is 0. The van der Waals surface area contributed by atoms with Gasteiger partial charge in [0.1, 0.15) is 0 Å². The van der Waals surface area contributed by atoms with E-state index in [2.05, 4.69) is 22.4 Å². The van der Waals surface area contributed by atoms with Gasteiger partial charge in [0.25, 0.3) is 5.91 Å². The number of hydrogen-bond acceptors (Lipinski definition) is 2. The molecular weight excluding hydrogens is 214 g/mol. The van der Waals surface area contributed by atoms with Crippen LogP contribution in [0.4, 0.5) is 0 Å². The van der Waals surface area contributed by atoms with Gasteiger partial charge < -0.3 is 5.32 Å². The van der Waals surface area contributed by atoms with Crippen LogP contribution < -0.4 is 5.32 Å². The summed E-state index contributed by atoms with van der Waals surface area (Å²) in [6, 6.07) is 0. The van der Waals surface area contributed by atoms with Crippen LogP contribution in [0.3, 0.4) is 0 Å². The number of nitrogens with zero attached hydrogens (tertiary/aromatic N) is 1. The van der Waals surface area contributed by atoms with E-state index in [4.69, 9.17) is 0 Å². The summed E-state index contributed by atoms with van der Waals surface area (Å²) in [6.07, 6.45) is 9.01. The van der Waals surface area contributed by atoms with Crippen molar-refractivity contribution in [1.82, 2.24) is 15.5 Å². The molecule has 0 aliphatic carbocycles. The van der Waals surface area contributed by atoms with Crippen molar-refractivity contribution in [3.8, 4) is 0 Å². The number of aromatic amines is 1. The van der Waals surface area contributed by atoms with E-state index < -0.39 is 0 Å². The van der Waals surface area contributed by atoms with Gasteiger partial charge in [0, 0.05) is 12.2 Å². The van der Waals surface area contributed by atoms with Crippen molar-refractivity contribution < 1.29 is 4.79 Å². The van der Waals surface area contributed by atoms with Crippen molar-refractivity contribution in [2.45, 2.75) is 52.4 Å². The third-order valence-electron chi connectivity index (χ3n) is 2.89. The van der Waals surface area contributed by atoms with E-state index in [-0.39, 0.29) is 5.91 Å². The molecule has 0 saturated heterocycles.